The molecule has 4 heteroatoms. The average Bonchev–Trinajstić information content (AvgIpc) is 2.17. The van der Waals surface area contributed by atoms with Crippen LogP contribution in [0.15, 0.2) is 12.1 Å². The van der Waals surface area contributed by atoms with Crippen LogP contribution in [0.2, 0.25) is 0 Å². The summed E-state index contributed by atoms with van der Waals surface area (Å²) in [6, 6.07) is 3.80. The molecule has 0 aromatic heterocycles. The first-order valence-electron chi connectivity index (χ1n) is 5.18. The van der Waals surface area contributed by atoms with Gasteiger partial charge in [-0.2, -0.15) is 0 Å². The maximum absolute atomic E-state index is 11.4. The lowest BCUT2D eigenvalue weighted by atomic mass is 10.1. The first-order chi connectivity index (χ1) is 7.58. The molecule has 0 atom stereocenters. The van der Waals surface area contributed by atoms with Gasteiger partial charge in [-0.3, -0.25) is 4.79 Å². The van der Waals surface area contributed by atoms with Crippen LogP contribution in [-0.4, -0.2) is 26.6 Å². The number of ether oxygens (including phenoxy) is 1. The average molecular weight is 222 g/mol. The molecule has 88 valence electrons. The zero-order valence-electron chi connectivity index (χ0n) is 10.2. The zero-order chi connectivity index (χ0) is 12.1. The summed E-state index contributed by atoms with van der Waals surface area (Å²) in [6.07, 6.45) is 0. The maximum Gasteiger partial charge on any atom is 0.238 e. The van der Waals surface area contributed by atoms with Crippen LogP contribution in [0.1, 0.15) is 11.1 Å². The molecule has 4 nitrogen and oxygen atoms in total. The Morgan fingerprint density at radius 1 is 1.31 bits per heavy atom. The third-order valence-corrected chi connectivity index (χ3v) is 2.29. The van der Waals surface area contributed by atoms with Crippen LogP contribution in [0.5, 0.6) is 5.75 Å². The fourth-order valence-electron chi connectivity index (χ4n) is 1.71. The fourth-order valence-corrected chi connectivity index (χ4v) is 1.71. The zero-order valence-corrected chi connectivity index (χ0v) is 10.2. The normalized spacial score (nSPS) is 10.0. The molecule has 0 saturated heterocycles. The molecule has 0 aliphatic carbocycles. The smallest absolute Gasteiger partial charge is 0.238 e. The summed E-state index contributed by atoms with van der Waals surface area (Å²) < 4.78 is 5.26. The van der Waals surface area contributed by atoms with Gasteiger partial charge in [0.2, 0.25) is 5.91 Å². The van der Waals surface area contributed by atoms with E-state index in [4.69, 9.17) is 4.74 Å². The van der Waals surface area contributed by atoms with Crippen molar-refractivity contribution in [1.29, 1.82) is 0 Å². The van der Waals surface area contributed by atoms with Gasteiger partial charge >= 0.3 is 0 Å². The topological polar surface area (TPSA) is 50.4 Å². The van der Waals surface area contributed by atoms with E-state index in [1.165, 1.54) is 0 Å². The van der Waals surface area contributed by atoms with E-state index in [1.807, 2.05) is 26.0 Å². The molecule has 0 bridgehead atoms. The van der Waals surface area contributed by atoms with Gasteiger partial charge in [-0.15, -0.1) is 0 Å². The molecular formula is C12H18N2O2. The Balaban J connectivity index is 2.87. The quantitative estimate of drug-likeness (QED) is 0.811. The van der Waals surface area contributed by atoms with Crippen molar-refractivity contribution in [2.45, 2.75) is 13.8 Å². The summed E-state index contributed by atoms with van der Waals surface area (Å²) in [7, 11) is 3.39. The third-order valence-electron chi connectivity index (χ3n) is 2.29. The van der Waals surface area contributed by atoms with Gasteiger partial charge in [0.15, 0.2) is 0 Å². The molecule has 0 spiro atoms. The maximum atomic E-state index is 11.4. The van der Waals surface area contributed by atoms with Crippen molar-refractivity contribution < 1.29 is 9.53 Å². The number of amides is 1. The van der Waals surface area contributed by atoms with E-state index in [-0.39, 0.29) is 5.91 Å². The second-order valence-electron chi connectivity index (χ2n) is 3.72. The molecule has 0 unspecified atom stereocenters. The lowest BCUT2D eigenvalue weighted by Crippen LogP contribution is -2.25. The van der Waals surface area contributed by atoms with Crippen LogP contribution < -0.4 is 15.4 Å². The highest BCUT2D eigenvalue weighted by Crippen LogP contribution is 2.26. The highest BCUT2D eigenvalue weighted by Gasteiger charge is 2.07. The monoisotopic (exact) mass is 222 g/mol. The molecule has 0 saturated carbocycles. The Bertz CT molecular complexity index is 366. The first-order valence-corrected chi connectivity index (χ1v) is 5.18. The minimum absolute atomic E-state index is 0.0496. The molecule has 16 heavy (non-hydrogen) atoms. The van der Waals surface area contributed by atoms with Gasteiger partial charge in [0, 0.05) is 5.69 Å². The van der Waals surface area contributed by atoms with Crippen molar-refractivity contribution in [2.24, 2.45) is 0 Å². The number of methoxy groups -OCH3 is 1. The number of likely N-dealkylation sites (N-methyl/N-ethyl adjacent to an activating group) is 1. The third kappa shape index (κ3) is 2.97. The van der Waals surface area contributed by atoms with E-state index in [0.29, 0.717) is 6.54 Å². The molecule has 2 N–H and O–H groups in total. The Kier molecular flexibility index (Phi) is 4.31. The predicted molar refractivity (Wildman–Crippen MR) is 65.0 cm³/mol. The van der Waals surface area contributed by atoms with E-state index < -0.39 is 0 Å². The van der Waals surface area contributed by atoms with Gasteiger partial charge in [-0.05, 0) is 44.2 Å². The van der Waals surface area contributed by atoms with Crippen molar-refractivity contribution in [3.63, 3.8) is 0 Å². The lowest BCUT2D eigenvalue weighted by molar-refractivity contribution is -0.115. The van der Waals surface area contributed by atoms with E-state index in [9.17, 15) is 4.79 Å². The van der Waals surface area contributed by atoms with Crippen molar-refractivity contribution in [1.82, 2.24) is 5.32 Å². The van der Waals surface area contributed by atoms with Gasteiger partial charge < -0.3 is 15.4 Å². The molecular weight excluding hydrogens is 204 g/mol. The summed E-state index contributed by atoms with van der Waals surface area (Å²) in [5.74, 6) is 0.818. The lowest BCUT2D eigenvalue weighted by Gasteiger charge is -2.12. The number of rotatable bonds is 4. The van der Waals surface area contributed by atoms with Crippen molar-refractivity contribution in [2.75, 3.05) is 26.0 Å². The Morgan fingerprint density at radius 2 is 1.88 bits per heavy atom. The molecule has 0 heterocycles. The summed E-state index contributed by atoms with van der Waals surface area (Å²) in [5, 5.41) is 5.62. The minimum atomic E-state index is -0.0496. The molecule has 0 fully saturated rings. The molecule has 0 radical (unpaired) electrons. The number of nitrogens with one attached hydrogen (secondary N) is 2. The molecule has 1 rings (SSSR count). The van der Waals surface area contributed by atoms with Gasteiger partial charge in [0.25, 0.3) is 0 Å². The van der Waals surface area contributed by atoms with Crippen molar-refractivity contribution >= 4 is 11.6 Å². The summed E-state index contributed by atoms with van der Waals surface area (Å²) in [6.45, 7) is 4.23. The summed E-state index contributed by atoms with van der Waals surface area (Å²) >= 11 is 0. The van der Waals surface area contributed by atoms with E-state index in [0.717, 1.165) is 22.6 Å². The highest BCUT2D eigenvalue weighted by atomic mass is 16.5. The number of hydrogen-bond acceptors (Lipinski definition) is 3. The SMILES string of the molecule is CNCC(=O)Nc1cc(C)c(OC)c(C)c1. The van der Waals surface area contributed by atoms with Crippen LogP contribution in [0, 0.1) is 13.8 Å². The molecule has 0 aliphatic rings. The molecule has 1 amide bonds. The molecule has 1 aromatic carbocycles. The van der Waals surface area contributed by atoms with Crippen LogP contribution in [0.25, 0.3) is 0 Å². The van der Waals surface area contributed by atoms with Gasteiger partial charge in [-0.1, -0.05) is 0 Å². The van der Waals surface area contributed by atoms with E-state index in [2.05, 4.69) is 10.6 Å². The van der Waals surface area contributed by atoms with Gasteiger partial charge in [-0.25, -0.2) is 0 Å². The van der Waals surface area contributed by atoms with Crippen molar-refractivity contribution in [3.8, 4) is 5.75 Å². The second-order valence-corrected chi connectivity index (χ2v) is 3.72. The molecule has 1 aromatic rings. The summed E-state index contributed by atoms with van der Waals surface area (Å²) in [4.78, 5) is 11.4. The predicted octanol–water partition coefficient (Wildman–Crippen LogP) is 1.47. The van der Waals surface area contributed by atoms with E-state index >= 15 is 0 Å². The van der Waals surface area contributed by atoms with Crippen LogP contribution in [0.4, 0.5) is 5.69 Å². The van der Waals surface area contributed by atoms with Crippen molar-refractivity contribution in [3.05, 3.63) is 23.3 Å². The van der Waals surface area contributed by atoms with Gasteiger partial charge in [0.05, 0.1) is 13.7 Å². The standard InChI is InChI=1S/C12H18N2O2/c1-8-5-10(14-11(15)7-13-3)6-9(2)12(8)16-4/h5-6,13H,7H2,1-4H3,(H,14,15). The number of aryl methyl sites for hydroxylation is 2. The largest absolute Gasteiger partial charge is 0.496 e. The fraction of sp³-hybridized carbons (Fsp3) is 0.417. The number of carbonyl (C=O) groups excluding carboxylic acids is 1. The second kappa shape index (κ2) is 5.51. The highest BCUT2D eigenvalue weighted by molar-refractivity contribution is 5.92. The number of anilines is 1. The minimum Gasteiger partial charge on any atom is -0.496 e. The summed E-state index contributed by atoms with van der Waals surface area (Å²) in [5.41, 5.74) is 2.83. The van der Waals surface area contributed by atoms with E-state index in [1.54, 1.807) is 14.2 Å². The number of benzene rings is 1. The van der Waals surface area contributed by atoms with Crippen LogP contribution >= 0.6 is 0 Å². The first kappa shape index (κ1) is 12.5. The Morgan fingerprint density at radius 3 is 2.31 bits per heavy atom. The Labute approximate surface area is 96.0 Å². The Hall–Kier alpha value is -1.55. The molecule has 0 aliphatic heterocycles. The van der Waals surface area contributed by atoms with Crippen LogP contribution in [0.3, 0.4) is 0 Å². The van der Waals surface area contributed by atoms with Crippen LogP contribution in [-0.2, 0) is 4.79 Å². The number of carbonyl (C=O) groups is 1. The van der Waals surface area contributed by atoms with Gasteiger partial charge in [0.1, 0.15) is 5.75 Å². The number of hydrogen-bond donors (Lipinski definition) is 2.